The van der Waals surface area contributed by atoms with Crippen LogP contribution in [-0.2, 0) is 14.3 Å². The molecule has 0 radical (unpaired) electrons. The maximum absolute atomic E-state index is 12.8. The number of nitrogens with zero attached hydrogens (tertiary/aromatic N) is 1. The second-order valence-corrected chi connectivity index (χ2v) is 9.28. The van der Waals surface area contributed by atoms with Crippen LogP contribution in [0, 0.1) is 11.3 Å². The summed E-state index contributed by atoms with van der Waals surface area (Å²) in [7, 11) is 0. The number of ether oxygens (including phenoxy) is 1. The molecule has 1 fully saturated rings. The highest BCUT2D eigenvalue weighted by Gasteiger charge is 2.42. The van der Waals surface area contributed by atoms with Gasteiger partial charge in [0.15, 0.2) is 0 Å². The molecule has 5 heteroatoms. The van der Waals surface area contributed by atoms with Crippen molar-refractivity contribution in [2.24, 2.45) is 11.3 Å². The summed E-state index contributed by atoms with van der Waals surface area (Å²) < 4.78 is 5.35. The lowest BCUT2D eigenvalue weighted by atomic mass is 9.84. The molecule has 0 aromatic rings. The fourth-order valence-electron chi connectivity index (χ4n) is 3.23. The van der Waals surface area contributed by atoms with Crippen molar-refractivity contribution in [3.8, 4) is 0 Å². The molecule has 0 aliphatic carbocycles. The monoisotopic (exact) mass is 343 g/mol. The summed E-state index contributed by atoms with van der Waals surface area (Å²) in [5.74, 6) is 0.778. The maximum atomic E-state index is 12.8. The van der Waals surface area contributed by atoms with Crippen LogP contribution < -0.4 is 0 Å². The number of carbonyl (C=O) groups is 2. The van der Waals surface area contributed by atoms with Crippen LogP contribution in [0.2, 0.25) is 0 Å². The quantitative estimate of drug-likeness (QED) is 0.682. The van der Waals surface area contributed by atoms with Crippen LogP contribution >= 0.6 is 11.8 Å². The predicted molar refractivity (Wildman–Crippen MR) is 96.3 cm³/mol. The van der Waals surface area contributed by atoms with E-state index in [2.05, 4.69) is 34.6 Å². The van der Waals surface area contributed by atoms with E-state index in [1.54, 1.807) is 16.7 Å². The molecule has 1 amide bonds. The lowest BCUT2D eigenvalue weighted by molar-refractivity contribution is -0.157. The molecule has 1 rings (SSSR count). The number of hydrogen-bond acceptors (Lipinski definition) is 4. The number of thioether (sulfide) groups is 1. The average Bonchev–Trinajstić information content (AvgIpc) is 2.78. The molecule has 0 spiro atoms. The van der Waals surface area contributed by atoms with Gasteiger partial charge in [0.1, 0.15) is 6.04 Å². The van der Waals surface area contributed by atoms with Crippen molar-refractivity contribution in [1.29, 1.82) is 0 Å². The lowest BCUT2D eigenvalue weighted by Gasteiger charge is -2.30. The number of amides is 1. The van der Waals surface area contributed by atoms with Crippen LogP contribution in [0.1, 0.15) is 67.7 Å². The molecule has 1 aliphatic heterocycles. The summed E-state index contributed by atoms with van der Waals surface area (Å²) >= 11 is 1.69. The van der Waals surface area contributed by atoms with Crippen molar-refractivity contribution in [2.75, 3.05) is 5.75 Å². The van der Waals surface area contributed by atoms with Gasteiger partial charge in [-0.2, -0.15) is 0 Å². The Hall–Kier alpha value is -0.710. The van der Waals surface area contributed by atoms with E-state index in [1.165, 1.54) is 0 Å². The zero-order valence-corrected chi connectivity index (χ0v) is 16.5. The van der Waals surface area contributed by atoms with Gasteiger partial charge >= 0.3 is 5.97 Å². The largest absolute Gasteiger partial charge is 0.461 e. The van der Waals surface area contributed by atoms with Gasteiger partial charge in [0, 0.05) is 12.2 Å². The number of rotatable bonds is 6. The first-order valence-corrected chi connectivity index (χ1v) is 9.73. The summed E-state index contributed by atoms with van der Waals surface area (Å²) in [6.45, 7) is 14.4. The van der Waals surface area contributed by atoms with Crippen molar-refractivity contribution < 1.29 is 14.3 Å². The van der Waals surface area contributed by atoms with Gasteiger partial charge in [0.25, 0.3) is 0 Å². The van der Waals surface area contributed by atoms with Crippen molar-refractivity contribution in [1.82, 2.24) is 4.90 Å². The van der Waals surface area contributed by atoms with Gasteiger partial charge in [0.2, 0.25) is 5.91 Å². The second kappa shape index (κ2) is 8.41. The predicted octanol–water partition coefficient (Wildman–Crippen LogP) is 4.08. The Bertz CT molecular complexity index is 417. The third-order valence-electron chi connectivity index (χ3n) is 3.84. The van der Waals surface area contributed by atoms with E-state index in [-0.39, 0.29) is 28.8 Å². The Morgan fingerprint density at radius 2 is 1.87 bits per heavy atom. The van der Waals surface area contributed by atoms with Crippen LogP contribution in [-0.4, -0.2) is 40.0 Å². The standard InChI is InChI=1S/C18H33NO3S/c1-8-16-19(14(11-23-16)17(21)22-12(2)3)15(20)9-13(4)10-18(5,6)7/h12-14,16H,8-11H2,1-7H3. The maximum Gasteiger partial charge on any atom is 0.330 e. The molecule has 0 bridgehead atoms. The van der Waals surface area contributed by atoms with E-state index in [9.17, 15) is 9.59 Å². The topological polar surface area (TPSA) is 46.6 Å². The van der Waals surface area contributed by atoms with E-state index in [0.717, 1.165) is 12.8 Å². The summed E-state index contributed by atoms with van der Waals surface area (Å²) in [5.41, 5.74) is 0.208. The molecule has 134 valence electrons. The van der Waals surface area contributed by atoms with Crippen LogP contribution in [0.15, 0.2) is 0 Å². The normalized spacial score (nSPS) is 23.2. The number of carbonyl (C=O) groups excluding carboxylic acids is 2. The molecule has 3 unspecified atom stereocenters. The van der Waals surface area contributed by atoms with E-state index >= 15 is 0 Å². The lowest BCUT2D eigenvalue weighted by Crippen LogP contribution is -2.47. The van der Waals surface area contributed by atoms with Gasteiger partial charge in [-0.15, -0.1) is 11.8 Å². The first-order chi connectivity index (χ1) is 10.5. The molecule has 0 aromatic heterocycles. The zero-order valence-electron chi connectivity index (χ0n) is 15.7. The van der Waals surface area contributed by atoms with Gasteiger partial charge in [0.05, 0.1) is 11.5 Å². The minimum Gasteiger partial charge on any atom is -0.461 e. The van der Waals surface area contributed by atoms with Crippen LogP contribution in [0.3, 0.4) is 0 Å². The molecule has 0 saturated carbocycles. The van der Waals surface area contributed by atoms with E-state index in [4.69, 9.17) is 4.74 Å². The Labute approximate surface area is 145 Å². The number of hydrogen-bond donors (Lipinski definition) is 0. The molecule has 3 atom stereocenters. The van der Waals surface area contributed by atoms with Gasteiger partial charge in [-0.05, 0) is 38.0 Å². The second-order valence-electron chi connectivity index (χ2n) is 8.07. The molecule has 1 heterocycles. The van der Waals surface area contributed by atoms with Gasteiger partial charge in [-0.1, -0.05) is 34.6 Å². The molecular formula is C18H33NO3S. The van der Waals surface area contributed by atoms with Crippen molar-refractivity contribution in [3.05, 3.63) is 0 Å². The first-order valence-electron chi connectivity index (χ1n) is 8.68. The smallest absolute Gasteiger partial charge is 0.330 e. The summed E-state index contributed by atoms with van der Waals surface area (Å²) in [6, 6.07) is -0.429. The van der Waals surface area contributed by atoms with E-state index in [0.29, 0.717) is 18.1 Å². The Kier molecular flexibility index (Phi) is 7.43. The van der Waals surface area contributed by atoms with Gasteiger partial charge < -0.3 is 9.64 Å². The zero-order chi connectivity index (χ0) is 17.8. The van der Waals surface area contributed by atoms with Crippen molar-refractivity contribution in [3.63, 3.8) is 0 Å². The molecule has 1 saturated heterocycles. The van der Waals surface area contributed by atoms with Crippen LogP contribution in [0.4, 0.5) is 0 Å². The van der Waals surface area contributed by atoms with E-state index in [1.807, 2.05) is 13.8 Å². The third-order valence-corrected chi connectivity index (χ3v) is 5.29. The minimum absolute atomic E-state index is 0.0873. The summed E-state index contributed by atoms with van der Waals surface area (Å²) in [6.07, 6.45) is 2.21. The first kappa shape index (κ1) is 20.3. The average molecular weight is 344 g/mol. The van der Waals surface area contributed by atoms with Gasteiger partial charge in [-0.25, -0.2) is 4.79 Å². The number of esters is 1. The Morgan fingerprint density at radius 1 is 1.26 bits per heavy atom. The highest BCUT2D eigenvalue weighted by atomic mass is 32.2. The Morgan fingerprint density at radius 3 is 2.35 bits per heavy atom. The molecule has 0 N–H and O–H groups in total. The molecule has 0 aromatic carbocycles. The molecule has 23 heavy (non-hydrogen) atoms. The minimum atomic E-state index is -0.429. The van der Waals surface area contributed by atoms with Crippen molar-refractivity contribution in [2.45, 2.75) is 85.2 Å². The Balaban J connectivity index is 2.77. The molecular weight excluding hydrogens is 310 g/mol. The fraction of sp³-hybridized carbons (Fsp3) is 0.889. The van der Waals surface area contributed by atoms with Crippen LogP contribution in [0.25, 0.3) is 0 Å². The van der Waals surface area contributed by atoms with Crippen molar-refractivity contribution >= 4 is 23.6 Å². The molecule has 1 aliphatic rings. The van der Waals surface area contributed by atoms with E-state index < -0.39 is 6.04 Å². The van der Waals surface area contributed by atoms with Gasteiger partial charge in [-0.3, -0.25) is 4.79 Å². The highest BCUT2D eigenvalue weighted by Crippen LogP contribution is 2.34. The summed E-state index contributed by atoms with van der Waals surface area (Å²) in [4.78, 5) is 26.9. The van der Waals surface area contributed by atoms with Crippen LogP contribution in [0.5, 0.6) is 0 Å². The third kappa shape index (κ3) is 6.36. The fourth-order valence-corrected chi connectivity index (χ4v) is 4.59. The molecule has 4 nitrogen and oxygen atoms in total. The SMILES string of the molecule is CCC1SCC(C(=O)OC(C)C)N1C(=O)CC(C)CC(C)(C)C. The summed E-state index contributed by atoms with van der Waals surface area (Å²) in [5, 5.41) is 0.0917. The highest BCUT2D eigenvalue weighted by molar-refractivity contribution is 8.00.